The van der Waals surface area contributed by atoms with Crippen LogP contribution in [-0.4, -0.2) is 18.7 Å². The zero-order valence-electron chi connectivity index (χ0n) is 14.2. The summed E-state index contributed by atoms with van der Waals surface area (Å²) in [5, 5.41) is 3.42. The highest BCUT2D eigenvalue weighted by Crippen LogP contribution is 2.32. The van der Waals surface area contributed by atoms with Gasteiger partial charge in [-0.05, 0) is 36.0 Å². The molecule has 0 saturated carbocycles. The molecule has 1 aromatic carbocycles. The van der Waals surface area contributed by atoms with E-state index in [-0.39, 0.29) is 11.5 Å². The molecule has 0 amide bonds. The van der Waals surface area contributed by atoms with Crippen LogP contribution in [0, 0.1) is 0 Å². The van der Waals surface area contributed by atoms with E-state index in [9.17, 15) is 0 Å². The highest BCUT2D eigenvalue weighted by atomic mass is 16.5. The normalized spacial score (nSPS) is 13.6. The molecule has 0 aliphatic rings. The smallest absolute Gasteiger partial charge is 0.123 e. The topological polar surface area (TPSA) is 21.3 Å². The molecule has 0 radical (unpaired) electrons. The molecule has 0 aliphatic carbocycles. The van der Waals surface area contributed by atoms with E-state index in [1.807, 2.05) is 0 Å². The van der Waals surface area contributed by atoms with Gasteiger partial charge in [-0.1, -0.05) is 53.7 Å². The largest absolute Gasteiger partial charge is 0.489 e. The Morgan fingerprint density at radius 2 is 1.80 bits per heavy atom. The minimum atomic E-state index is 0.103. The Labute approximate surface area is 124 Å². The number of benzene rings is 1. The average Bonchev–Trinajstić information content (AvgIpc) is 2.35. The molecule has 1 unspecified atom stereocenters. The summed E-state index contributed by atoms with van der Waals surface area (Å²) >= 11 is 0. The van der Waals surface area contributed by atoms with Gasteiger partial charge < -0.3 is 10.1 Å². The molecule has 1 atom stereocenters. The monoisotopic (exact) mass is 277 g/mol. The van der Waals surface area contributed by atoms with Crippen LogP contribution < -0.4 is 10.1 Å². The van der Waals surface area contributed by atoms with Crippen molar-refractivity contribution in [2.75, 3.05) is 6.54 Å². The maximum atomic E-state index is 6.16. The van der Waals surface area contributed by atoms with Crippen LogP contribution in [0.3, 0.4) is 0 Å². The predicted molar refractivity (Wildman–Crippen MR) is 87.7 cm³/mol. The van der Waals surface area contributed by atoms with E-state index in [4.69, 9.17) is 4.74 Å². The minimum Gasteiger partial charge on any atom is -0.489 e. The van der Waals surface area contributed by atoms with E-state index < -0.39 is 0 Å². The molecule has 0 fully saturated rings. The molecule has 2 nitrogen and oxygen atoms in total. The lowest BCUT2D eigenvalue weighted by atomic mass is 9.85. The third-order valence-corrected chi connectivity index (χ3v) is 3.40. The summed E-state index contributed by atoms with van der Waals surface area (Å²) in [4.78, 5) is 0. The summed E-state index contributed by atoms with van der Waals surface area (Å²) in [6.45, 7) is 16.2. The van der Waals surface area contributed by atoms with Gasteiger partial charge in [-0.15, -0.1) is 0 Å². The SMILES string of the molecule is CCc1ccc(OC(C)CNC(C)C)c(C(C)(C)C)c1. The summed E-state index contributed by atoms with van der Waals surface area (Å²) in [5.74, 6) is 1.02. The van der Waals surface area contributed by atoms with Gasteiger partial charge in [-0.2, -0.15) is 0 Å². The van der Waals surface area contributed by atoms with Crippen molar-refractivity contribution in [2.45, 2.75) is 72.4 Å². The van der Waals surface area contributed by atoms with E-state index in [1.165, 1.54) is 11.1 Å². The maximum absolute atomic E-state index is 6.16. The van der Waals surface area contributed by atoms with Gasteiger partial charge in [0.15, 0.2) is 0 Å². The second kappa shape index (κ2) is 7.12. The van der Waals surface area contributed by atoms with E-state index in [0.29, 0.717) is 6.04 Å². The molecular weight excluding hydrogens is 246 g/mol. The molecule has 0 bridgehead atoms. The van der Waals surface area contributed by atoms with Crippen molar-refractivity contribution in [2.24, 2.45) is 0 Å². The molecule has 0 heterocycles. The van der Waals surface area contributed by atoms with E-state index in [2.05, 4.69) is 72.0 Å². The lowest BCUT2D eigenvalue weighted by molar-refractivity contribution is 0.209. The summed E-state index contributed by atoms with van der Waals surface area (Å²) in [7, 11) is 0. The third-order valence-electron chi connectivity index (χ3n) is 3.40. The summed E-state index contributed by atoms with van der Waals surface area (Å²) in [5.41, 5.74) is 2.77. The van der Waals surface area contributed by atoms with Gasteiger partial charge >= 0.3 is 0 Å². The molecule has 20 heavy (non-hydrogen) atoms. The number of aryl methyl sites for hydroxylation is 1. The fourth-order valence-corrected chi connectivity index (χ4v) is 2.15. The molecule has 1 rings (SSSR count). The quantitative estimate of drug-likeness (QED) is 0.836. The van der Waals surface area contributed by atoms with E-state index >= 15 is 0 Å². The van der Waals surface area contributed by atoms with Crippen LogP contribution in [-0.2, 0) is 11.8 Å². The van der Waals surface area contributed by atoms with Crippen molar-refractivity contribution in [3.8, 4) is 5.75 Å². The predicted octanol–water partition coefficient (Wildman–Crippen LogP) is 4.31. The van der Waals surface area contributed by atoms with Gasteiger partial charge in [0, 0.05) is 12.6 Å². The zero-order valence-corrected chi connectivity index (χ0v) is 14.2. The Bertz CT molecular complexity index is 418. The van der Waals surface area contributed by atoms with Crippen LogP contribution in [0.15, 0.2) is 18.2 Å². The van der Waals surface area contributed by atoms with Gasteiger partial charge in [-0.3, -0.25) is 0 Å². The number of rotatable bonds is 6. The van der Waals surface area contributed by atoms with Crippen molar-refractivity contribution in [3.63, 3.8) is 0 Å². The molecule has 114 valence electrons. The molecule has 2 heteroatoms. The second-order valence-electron chi connectivity index (χ2n) is 6.93. The highest BCUT2D eigenvalue weighted by Gasteiger charge is 2.20. The van der Waals surface area contributed by atoms with E-state index in [1.54, 1.807) is 0 Å². The van der Waals surface area contributed by atoms with Gasteiger partial charge in [0.25, 0.3) is 0 Å². The van der Waals surface area contributed by atoms with E-state index in [0.717, 1.165) is 18.7 Å². The molecule has 0 aliphatic heterocycles. The Kier molecular flexibility index (Phi) is 6.07. The number of ether oxygens (including phenoxy) is 1. The van der Waals surface area contributed by atoms with Crippen molar-refractivity contribution in [3.05, 3.63) is 29.3 Å². The van der Waals surface area contributed by atoms with Gasteiger partial charge in [0.1, 0.15) is 11.9 Å². The van der Waals surface area contributed by atoms with Crippen molar-refractivity contribution >= 4 is 0 Å². The molecule has 0 saturated heterocycles. The van der Waals surface area contributed by atoms with Crippen LogP contribution in [0.2, 0.25) is 0 Å². The Morgan fingerprint density at radius 3 is 2.30 bits per heavy atom. The number of hydrogen-bond acceptors (Lipinski definition) is 2. The van der Waals surface area contributed by atoms with Crippen molar-refractivity contribution < 1.29 is 4.74 Å². The summed E-state index contributed by atoms with van der Waals surface area (Å²) < 4.78 is 6.16. The number of nitrogens with one attached hydrogen (secondary N) is 1. The first-order valence-electron chi connectivity index (χ1n) is 7.77. The van der Waals surface area contributed by atoms with Crippen LogP contribution in [0.25, 0.3) is 0 Å². The van der Waals surface area contributed by atoms with Gasteiger partial charge in [0.05, 0.1) is 0 Å². The fraction of sp³-hybridized carbons (Fsp3) is 0.667. The summed E-state index contributed by atoms with van der Waals surface area (Å²) in [6.07, 6.45) is 1.24. The lowest BCUT2D eigenvalue weighted by Crippen LogP contribution is -2.33. The van der Waals surface area contributed by atoms with Gasteiger partial charge in [-0.25, -0.2) is 0 Å². The third kappa shape index (κ3) is 5.16. The van der Waals surface area contributed by atoms with Crippen LogP contribution in [0.5, 0.6) is 5.75 Å². The Hall–Kier alpha value is -1.02. The molecule has 1 aromatic rings. The number of hydrogen-bond donors (Lipinski definition) is 1. The molecule has 0 spiro atoms. The van der Waals surface area contributed by atoms with Crippen molar-refractivity contribution in [1.29, 1.82) is 0 Å². The Morgan fingerprint density at radius 1 is 1.15 bits per heavy atom. The first-order valence-corrected chi connectivity index (χ1v) is 7.77. The molecular formula is C18H31NO. The lowest BCUT2D eigenvalue weighted by Gasteiger charge is -2.26. The van der Waals surface area contributed by atoms with Crippen LogP contribution in [0.4, 0.5) is 0 Å². The van der Waals surface area contributed by atoms with Crippen molar-refractivity contribution in [1.82, 2.24) is 5.32 Å². The molecule has 1 N–H and O–H groups in total. The van der Waals surface area contributed by atoms with Gasteiger partial charge in [0.2, 0.25) is 0 Å². The maximum Gasteiger partial charge on any atom is 0.123 e. The first-order chi connectivity index (χ1) is 9.24. The molecule has 0 aromatic heterocycles. The minimum absolute atomic E-state index is 0.103. The Balaban J connectivity index is 2.88. The van der Waals surface area contributed by atoms with Crippen LogP contribution >= 0.6 is 0 Å². The average molecular weight is 277 g/mol. The van der Waals surface area contributed by atoms with Crippen LogP contribution in [0.1, 0.15) is 59.6 Å². The summed E-state index contributed by atoms with van der Waals surface area (Å²) in [6, 6.07) is 7.08. The zero-order chi connectivity index (χ0) is 15.3. The highest BCUT2D eigenvalue weighted by molar-refractivity contribution is 5.41. The fourth-order valence-electron chi connectivity index (χ4n) is 2.15. The first kappa shape index (κ1) is 17.0. The second-order valence-corrected chi connectivity index (χ2v) is 6.93. The standard InChI is InChI=1S/C18H31NO/c1-8-15-9-10-17(16(11-15)18(5,6)7)20-14(4)12-19-13(2)3/h9-11,13-14,19H,8,12H2,1-7H3.